The molecule has 3 amide bonds. The quantitative estimate of drug-likeness (QED) is 0.404. The fourth-order valence-corrected chi connectivity index (χ4v) is 5.01. The van der Waals surface area contributed by atoms with E-state index in [0.29, 0.717) is 40.5 Å². The summed E-state index contributed by atoms with van der Waals surface area (Å²) in [6, 6.07) is 14.4. The largest absolute Gasteiger partial charge is 0.497 e. The van der Waals surface area contributed by atoms with Crippen molar-refractivity contribution in [2.45, 2.75) is 18.4 Å². The number of rotatable bonds is 6. The van der Waals surface area contributed by atoms with Crippen LogP contribution in [0.3, 0.4) is 0 Å². The molecule has 0 saturated carbocycles. The maximum absolute atomic E-state index is 13.2. The number of furan rings is 1. The number of amides is 3. The van der Waals surface area contributed by atoms with E-state index in [1.807, 2.05) is 36.2 Å². The number of imide groups is 1. The van der Waals surface area contributed by atoms with Gasteiger partial charge >= 0.3 is 0 Å². The van der Waals surface area contributed by atoms with E-state index in [1.165, 1.54) is 7.11 Å². The second-order valence-electron chi connectivity index (χ2n) is 9.25. The molecule has 2 aliphatic rings. The molecule has 1 aromatic carbocycles. The van der Waals surface area contributed by atoms with Crippen LogP contribution in [0.4, 0.5) is 11.5 Å². The minimum atomic E-state index is -1.36. The Balaban J connectivity index is 1.36. The average Bonchev–Trinajstić information content (AvgIpc) is 3.57. The molecule has 1 N–H and O–H groups in total. The van der Waals surface area contributed by atoms with Gasteiger partial charge in [0.05, 0.1) is 13.5 Å². The molecule has 1 atom stereocenters. The molecule has 37 heavy (non-hydrogen) atoms. The molecule has 1 fully saturated rings. The Morgan fingerprint density at radius 1 is 1.11 bits per heavy atom. The van der Waals surface area contributed by atoms with Gasteiger partial charge in [-0.25, -0.2) is 4.98 Å². The number of pyridine rings is 2. The van der Waals surface area contributed by atoms with Gasteiger partial charge in [-0.2, -0.15) is 0 Å². The second kappa shape index (κ2) is 8.44. The minimum absolute atomic E-state index is 0.00992. The normalized spacial score (nSPS) is 18.9. The van der Waals surface area contributed by atoms with Gasteiger partial charge in [-0.15, -0.1) is 0 Å². The maximum atomic E-state index is 13.2. The number of carbonyl (C=O) groups excluding carboxylic acids is 3. The molecule has 0 spiro atoms. The lowest BCUT2D eigenvalue weighted by Gasteiger charge is -2.28. The summed E-state index contributed by atoms with van der Waals surface area (Å²) in [5.74, 6) is 0.410. The Kier molecular flexibility index (Phi) is 5.18. The SMILES string of the molecule is COc1ccc2c(c1)C(=O)N(C[C@@]1(c3cc4nc(N(C)c5ccncc5)ccc4o3)CC(=O)NC1=O)C2. The number of hydrogen-bond acceptors (Lipinski definition) is 8. The third-order valence-electron chi connectivity index (χ3n) is 7.03. The summed E-state index contributed by atoms with van der Waals surface area (Å²) in [7, 11) is 3.43. The molecule has 5 heterocycles. The number of benzene rings is 1. The Hall–Kier alpha value is -4.73. The van der Waals surface area contributed by atoms with E-state index in [9.17, 15) is 14.4 Å². The predicted molar refractivity (Wildman–Crippen MR) is 133 cm³/mol. The Morgan fingerprint density at radius 2 is 1.92 bits per heavy atom. The van der Waals surface area contributed by atoms with Crippen LogP contribution in [0.1, 0.15) is 28.1 Å². The molecule has 10 nitrogen and oxygen atoms in total. The molecular formula is C27H23N5O5. The first-order valence-electron chi connectivity index (χ1n) is 11.7. The van der Waals surface area contributed by atoms with Crippen LogP contribution in [0.5, 0.6) is 5.75 Å². The second-order valence-corrected chi connectivity index (χ2v) is 9.25. The summed E-state index contributed by atoms with van der Waals surface area (Å²) in [5.41, 5.74) is 1.92. The highest BCUT2D eigenvalue weighted by atomic mass is 16.5. The average molecular weight is 498 g/mol. The highest BCUT2D eigenvalue weighted by molar-refractivity contribution is 6.10. The Labute approximate surface area is 211 Å². The smallest absolute Gasteiger partial charge is 0.254 e. The van der Waals surface area contributed by atoms with E-state index in [2.05, 4.69) is 10.3 Å². The first-order chi connectivity index (χ1) is 17.9. The van der Waals surface area contributed by atoms with Gasteiger partial charge in [0.1, 0.15) is 28.3 Å². The topological polar surface area (TPSA) is 118 Å². The Bertz CT molecular complexity index is 1570. The third-order valence-corrected chi connectivity index (χ3v) is 7.03. The number of hydrogen-bond donors (Lipinski definition) is 1. The molecule has 186 valence electrons. The fourth-order valence-electron chi connectivity index (χ4n) is 5.01. The lowest BCUT2D eigenvalue weighted by atomic mass is 9.82. The summed E-state index contributed by atoms with van der Waals surface area (Å²) in [5, 5.41) is 2.40. The van der Waals surface area contributed by atoms with E-state index >= 15 is 0 Å². The van der Waals surface area contributed by atoms with Crippen LogP contribution in [0.15, 0.2) is 65.3 Å². The summed E-state index contributed by atoms with van der Waals surface area (Å²) in [6.07, 6.45) is 3.28. The molecule has 1 saturated heterocycles. The number of methoxy groups -OCH3 is 1. The van der Waals surface area contributed by atoms with Crippen molar-refractivity contribution in [2.75, 3.05) is 25.6 Å². The van der Waals surface area contributed by atoms with Crippen molar-refractivity contribution in [3.05, 3.63) is 77.8 Å². The van der Waals surface area contributed by atoms with Gasteiger partial charge in [-0.3, -0.25) is 24.7 Å². The number of nitrogens with zero attached hydrogens (tertiary/aromatic N) is 4. The van der Waals surface area contributed by atoms with Gasteiger partial charge in [0.15, 0.2) is 5.58 Å². The molecule has 10 heteroatoms. The highest BCUT2D eigenvalue weighted by Crippen LogP contribution is 2.39. The zero-order valence-electron chi connectivity index (χ0n) is 20.2. The van der Waals surface area contributed by atoms with Crippen LogP contribution in [-0.2, 0) is 21.5 Å². The van der Waals surface area contributed by atoms with Crippen LogP contribution >= 0.6 is 0 Å². The predicted octanol–water partition coefficient (Wildman–Crippen LogP) is 2.94. The summed E-state index contributed by atoms with van der Waals surface area (Å²) in [4.78, 5) is 51.1. The van der Waals surface area contributed by atoms with Gasteiger partial charge in [0.25, 0.3) is 5.91 Å². The number of ether oxygens (including phenoxy) is 1. The van der Waals surface area contributed by atoms with Gasteiger partial charge in [0, 0.05) is 49.8 Å². The van der Waals surface area contributed by atoms with Gasteiger partial charge in [-0.1, -0.05) is 6.07 Å². The van der Waals surface area contributed by atoms with Crippen molar-refractivity contribution in [1.29, 1.82) is 0 Å². The van der Waals surface area contributed by atoms with Crippen molar-refractivity contribution in [2.24, 2.45) is 0 Å². The van der Waals surface area contributed by atoms with E-state index in [0.717, 1.165) is 11.3 Å². The van der Waals surface area contributed by atoms with Crippen LogP contribution in [-0.4, -0.2) is 53.3 Å². The van der Waals surface area contributed by atoms with E-state index in [4.69, 9.17) is 14.1 Å². The number of carbonyl (C=O) groups is 3. The van der Waals surface area contributed by atoms with Crippen molar-refractivity contribution in [3.8, 4) is 5.75 Å². The number of fused-ring (bicyclic) bond motifs is 2. The standard InChI is InChI=1S/C27H23N5O5/c1-31(17-7-9-28-10-8-17)23-6-5-21-20(29-23)12-22(37-21)27(13-24(33)30-26(27)35)15-32-14-16-3-4-18(36-2)11-19(16)25(32)34/h3-12H,13-15H2,1-2H3,(H,30,33,35)/t27-/m1/s1. The van der Waals surface area contributed by atoms with Crippen LogP contribution in [0, 0.1) is 0 Å². The Morgan fingerprint density at radius 3 is 2.65 bits per heavy atom. The molecular weight excluding hydrogens is 474 g/mol. The van der Waals surface area contributed by atoms with E-state index in [1.54, 1.807) is 41.6 Å². The molecule has 0 aliphatic carbocycles. The third kappa shape index (κ3) is 3.68. The van der Waals surface area contributed by atoms with Crippen LogP contribution < -0.4 is 15.0 Å². The van der Waals surface area contributed by atoms with Gasteiger partial charge in [0.2, 0.25) is 11.8 Å². The number of aromatic nitrogens is 2. The van der Waals surface area contributed by atoms with Crippen LogP contribution in [0.25, 0.3) is 11.1 Å². The molecule has 0 bridgehead atoms. The first kappa shape index (κ1) is 22.7. The molecule has 2 aliphatic heterocycles. The van der Waals surface area contributed by atoms with Crippen molar-refractivity contribution < 1.29 is 23.5 Å². The summed E-state index contributed by atoms with van der Waals surface area (Å²) in [6.45, 7) is 0.310. The summed E-state index contributed by atoms with van der Waals surface area (Å²) < 4.78 is 11.4. The zero-order valence-corrected chi connectivity index (χ0v) is 20.2. The lowest BCUT2D eigenvalue weighted by molar-refractivity contribution is -0.127. The molecule has 0 unspecified atom stereocenters. The number of anilines is 2. The minimum Gasteiger partial charge on any atom is -0.497 e. The van der Waals surface area contributed by atoms with E-state index < -0.39 is 17.2 Å². The number of nitrogens with one attached hydrogen (secondary N) is 1. The fraction of sp³-hybridized carbons (Fsp3) is 0.222. The van der Waals surface area contributed by atoms with Crippen LogP contribution in [0.2, 0.25) is 0 Å². The maximum Gasteiger partial charge on any atom is 0.254 e. The molecule has 0 radical (unpaired) electrons. The highest BCUT2D eigenvalue weighted by Gasteiger charge is 2.53. The van der Waals surface area contributed by atoms with Gasteiger partial charge < -0.3 is 19.0 Å². The molecule has 3 aromatic heterocycles. The van der Waals surface area contributed by atoms with Crippen molar-refractivity contribution in [1.82, 2.24) is 20.2 Å². The lowest BCUT2D eigenvalue weighted by Crippen LogP contribution is -2.46. The molecule has 4 aromatic rings. The van der Waals surface area contributed by atoms with E-state index in [-0.39, 0.29) is 18.9 Å². The van der Waals surface area contributed by atoms with Gasteiger partial charge in [-0.05, 0) is 42.0 Å². The summed E-state index contributed by atoms with van der Waals surface area (Å²) >= 11 is 0. The first-order valence-corrected chi connectivity index (χ1v) is 11.7. The van der Waals surface area contributed by atoms with Crippen molar-refractivity contribution in [3.63, 3.8) is 0 Å². The zero-order chi connectivity index (χ0) is 25.7. The monoisotopic (exact) mass is 497 g/mol. The van der Waals surface area contributed by atoms with Crippen molar-refractivity contribution >= 4 is 40.3 Å². The molecule has 6 rings (SSSR count).